The molecule has 3 rings (SSSR count). The zero-order valence-corrected chi connectivity index (χ0v) is 14.6. The van der Waals surface area contributed by atoms with E-state index in [4.69, 9.17) is 4.74 Å². The summed E-state index contributed by atoms with van der Waals surface area (Å²) in [7, 11) is 3.05. The van der Waals surface area contributed by atoms with Crippen molar-refractivity contribution in [1.82, 2.24) is 14.7 Å². The molecule has 1 aromatic heterocycles. The molecule has 132 valence electrons. The van der Waals surface area contributed by atoms with E-state index < -0.39 is 5.97 Å². The Kier molecular flexibility index (Phi) is 5.12. The van der Waals surface area contributed by atoms with Crippen molar-refractivity contribution in [1.29, 1.82) is 0 Å². The largest absolute Gasteiger partial charge is 0.465 e. The van der Waals surface area contributed by atoms with Crippen LogP contribution in [0.2, 0.25) is 0 Å². The van der Waals surface area contributed by atoms with E-state index in [-0.39, 0.29) is 5.91 Å². The van der Waals surface area contributed by atoms with Crippen molar-refractivity contribution in [2.45, 2.75) is 6.54 Å². The molecule has 6 nitrogen and oxygen atoms in total. The van der Waals surface area contributed by atoms with Crippen LogP contribution in [0, 0.1) is 0 Å². The number of esters is 1. The van der Waals surface area contributed by atoms with Gasteiger partial charge in [0.25, 0.3) is 5.91 Å². The van der Waals surface area contributed by atoms with Gasteiger partial charge in [-0.3, -0.25) is 4.79 Å². The van der Waals surface area contributed by atoms with E-state index >= 15 is 0 Å². The third-order valence-electron chi connectivity index (χ3n) is 4.00. The third kappa shape index (κ3) is 3.80. The summed E-state index contributed by atoms with van der Waals surface area (Å²) in [4.78, 5) is 25.9. The highest BCUT2D eigenvalue weighted by molar-refractivity contribution is 5.97. The first-order valence-corrected chi connectivity index (χ1v) is 8.11. The van der Waals surface area contributed by atoms with E-state index in [0.717, 1.165) is 11.3 Å². The number of aromatic nitrogens is 2. The van der Waals surface area contributed by atoms with Crippen molar-refractivity contribution in [2.24, 2.45) is 0 Å². The highest BCUT2D eigenvalue weighted by Crippen LogP contribution is 2.13. The Morgan fingerprint density at radius 1 is 1.08 bits per heavy atom. The minimum absolute atomic E-state index is 0.160. The van der Waals surface area contributed by atoms with Gasteiger partial charge in [-0.25, -0.2) is 9.48 Å². The van der Waals surface area contributed by atoms with Gasteiger partial charge < -0.3 is 9.64 Å². The fourth-order valence-electron chi connectivity index (χ4n) is 2.64. The molecule has 0 saturated carbocycles. The number of hydrogen-bond acceptors (Lipinski definition) is 4. The molecule has 0 radical (unpaired) electrons. The summed E-state index contributed by atoms with van der Waals surface area (Å²) >= 11 is 0. The van der Waals surface area contributed by atoms with E-state index in [0.29, 0.717) is 17.7 Å². The Bertz CT molecular complexity index is 902. The van der Waals surface area contributed by atoms with Gasteiger partial charge in [0.05, 0.1) is 18.4 Å². The van der Waals surface area contributed by atoms with Crippen LogP contribution in [0.15, 0.2) is 67.0 Å². The fraction of sp³-hybridized carbons (Fsp3) is 0.150. The fourth-order valence-corrected chi connectivity index (χ4v) is 2.64. The maximum Gasteiger partial charge on any atom is 0.337 e. The Morgan fingerprint density at radius 3 is 2.46 bits per heavy atom. The lowest BCUT2D eigenvalue weighted by molar-refractivity contribution is 0.0600. The molecule has 0 atom stereocenters. The SMILES string of the molecule is COC(=O)c1cccc(C(=O)N(C)Cc2ccc(-n3cccn3)cc2)c1. The molecule has 0 N–H and O–H groups in total. The number of carbonyl (C=O) groups is 2. The summed E-state index contributed by atoms with van der Waals surface area (Å²) in [6.07, 6.45) is 3.60. The molecule has 0 saturated heterocycles. The number of ether oxygens (including phenoxy) is 1. The summed E-state index contributed by atoms with van der Waals surface area (Å²) < 4.78 is 6.47. The first-order valence-electron chi connectivity index (χ1n) is 8.11. The number of amides is 1. The van der Waals surface area contributed by atoms with Gasteiger partial charge in [-0.2, -0.15) is 5.10 Å². The number of hydrogen-bond donors (Lipinski definition) is 0. The number of nitrogens with zero attached hydrogens (tertiary/aromatic N) is 3. The van der Waals surface area contributed by atoms with Crippen LogP contribution in [0.25, 0.3) is 5.69 Å². The monoisotopic (exact) mass is 349 g/mol. The second-order valence-corrected chi connectivity index (χ2v) is 5.85. The molecule has 0 aliphatic carbocycles. The lowest BCUT2D eigenvalue weighted by atomic mass is 10.1. The molecule has 26 heavy (non-hydrogen) atoms. The second kappa shape index (κ2) is 7.65. The molecule has 3 aromatic rings. The van der Waals surface area contributed by atoms with Gasteiger partial charge in [0.1, 0.15) is 0 Å². The maximum atomic E-state index is 12.6. The molecule has 1 amide bonds. The molecular formula is C20H19N3O3. The molecule has 2 aromatic carbocycles. The van der Waals surface area contributed by atoms with Crippen LogP contribution >= 0.6 is 0 Å². The molecule has 0 aliphatic rings. The average molecular weight is 349 g/mol. The first kappa shape index (κ1) is 17.4. The summed E-state index contributed by atoms with van der Waals surface area (Å²) in [6.45, 7) is 0.459. The standard InChI is InChI=1S/C20H19N3O3/c1-22(19(24)16-5-3-6-17(13-16)20(25)26-2)14-15-7-9-18(10-8-15)23-12-4-11-21-23/h3-13H,14H2,1-2H3. The smallest absolute Gasteiger partial charge is 0.337 e. The normalized spacial score (nSPS) is 10.4. The van der Waals surface area contributed by atoms with Crippen molar-refractivity contribution < 1.29 is 14.3 Å². The predicted octanol–water partition coefficient (Wildman–Crippen LogP) is 2.93. The molecule has 0 unspecified atom stereocenters. The summed E-state index contributed by atoms with van der Waals surface area (Å²) in [5.41, 5.74) is 2.76. The number of methoxy groups -OCH3 is 1. The Labute approximate surface area is 151 Å². The Hall–Kier alpha value is -3.41. The van der Waals surface area contributed by atoms with E-state index in [1.165, 1.54) is 7.11 Å². The van der Waals surface area contributed by atoms with Crippen molar-refractivity contribution in [3.05, 3.63) is 83.7 Å². The number of benzene rings is 2. The second-order valence-electron chi connectivity index (χ2n) is 5.85. The van der Waals surface area contributed by atoms with Crippen molar-refractivity contribution in [2.75, 3.05) is 14.2 Å². The molecule has 6 heteroatoms. The minimum atomic E-state index is -0.462. The van der Waals surface area contributed by atoms with Gasteiger partial charge in [0.15, 0.2) is 0 Å². The molecule has 1 heterocycles. The van der Waals surface area contributed by atoms with Crippen LogP contribution in [0.5, 0.6) is 0 Å². The topological polar surface area (TPSA) is 64.4 Å². The van der Waals surface area contributed by atoms with Crippen LogP contribution in [-0.4, -0.2) is 40.7 Å². The number of rotatable bonds is 5. The van der Waals surface area contributed by atoms with Crippen LogP contribution in [0.4, 0.5) is 0 Å². The van der Waals surface area contributed by atoms with E-state index in [1.54, 1.807) is 47.1 Å². The lowest BCUT2D eigenvalue weighted by Crippen LogP contribution is -2.26. The van der Waals surface area contributed by atoms with Crippen LogP contribution < -0.4 is 0 Å². The van der Waals surface area contributed by atoms with Crippen molar-refractivity contribution >= 4 is 11.9 Å². The van der Waals surface area contributed by atoms with Gasteiger partial charge in [0, 0.05) is 31.5 Å². The zero-order chi connectivity index (χ0) is 18.5. The predicted molar refractivity (Wildman–Crippen MR) is 97.1 cm³/mol. The molecule has 0 fully saturated rings. The van der Waals surface area contributed by atoms with E-state index in [1.807, 2.05) is 36.5 Å². The van der Waals surface area contributed by atoms with Gasteiger partial charge in [-0.15, -0.1) is 0 Å². The highest BCUT2D eigenvalue weighted by atomic mass is 16.5. The quantitative estimate of drug-likeness (QED) is 0.665. The van der Waals surface area contributed by atoms with Crippen LogP contribution in [0.3, 0.4) is 0 Å². The zero-order valence-electron chi connectivity index (χ0n) is 14.6. The summed E-state index contributed by atoms with van der Waals surface area (Å²) in [5, 5.41) is 4.19. The minimum Gasteiger partial charge on any atom is -0.465 e. The summed E-state index contributed by atoms with van der Waals surface area (Å²) in [6, 6.07) is 16.2. The van der Waals surface area contributed by atoms with E-state index in [9.17, 15) is 9.59 Å². The molecule has 0 spiro atoms. The van der Waals surface area contributed by atoms with Crippen molar-refractivity contribution in [3.8, 4) is 5.69 Å². The Balaban J connectivity index is 1.70. The van der Waals surface area contributed by atoms with Gasteiger partial charge in [-0.1, -0.05) is 18.2 Å². The van der Waals surface area contributed by atoms with Crippen molar-refractivity contribution in [3.63, 3.8) is 0 Å². The van der Waals surface area contributed by atoms with Gasteiger partial charge in [-0.05, 0) is 42.0 Å². The first-order chi connectivity index (χ1) is 12.6. The van der Waals surface area contributed by atoms with Crippen LogP contribution in [-0.2, 0) is 11.3 Å². The average Bonchev–Trinajstić information content (AvgIpc) is 3.22. The van der Waals surface area contributed by atoms with E-state index in [2.05, 4.69) is 5.10 Å². The molecule has 0 aliphatic heterocycles. The maximum absolute atomic E-state index is 12.6. The molecule has 0 bridgehead atoms. The lowest BCUT2D eigenvalue weighted by Gasteiger charge is -2.18. The number of carbonyl (C=O) groups excluding carboxylic acids is 2. The third-order valence-corrected chi connectivity index (χ3v) is 4.00. The molecular weight excluding hydrogens is 330 g/mol. The highest BCUT2D eigenvalue weighted by Gasteiger charge is 2.14. The van der Waals surface area contributed by atoms with Gasteiger partial charge >= 0.3 is 5.97 Å². The Morgan fingerprint density at radius 2 is 1.81 bits per heavy atom. The summed E-state index contributed by atoms with van der Waals surface area (Å²) in [5.74, 6) is -0.622. The van der Waals surface area contributed by atoms with Gasteiger partial charge in [0.2, 0.25) is 0 Å². The van der Waals surface area contributed by atoms with Crippen LogP contribution in [0.1, 0.15) is 26.3 Å².